The van der Waals surface area contributed by atoms with Crippen LogP contribution < -0.4 is 9.64 Å². The molecule has 2 fully saturated rings. The number of carbonyl (C=O) groups is 1. The predicted molar refractivity (Wildman–Crippen MR) is 119 cm³/mol. The lowest BCUT2D eigenvalue weighted by atomic mass is 9.99. The summed E-state index contributed by atoms with van der Waals surface area (Å²) in [6, 6.07) is 6.17. The molecule has 2 heterocycles. The second-order valence-electron chi connectivity index (χ2n) is 9.40. The first-order valence-corrected chi connectivity index (χ1v) is 12.5. The van der Waals surface area contributed by atoms with Gasteiger partial charge in [-0.1, -0.05) is 0 Å². The van der Waals surface area contributed by atoms with Crippen LogP contribution in [0.5, 0.6) is 5.75 Å². The molecule has 1 aromatic carbocycles. The van der Waals surface area contributed by atoms with Crippen LogP contribution in [0, 0.1) is 0 Å². The Labute approximate surface area is 198 Å². The molecule has 0 aromatic heterocycles. The second-order valence-corrected chi connectivity index (χ2v) is 11.6. The largest absolute Gasteiger partial charge is 0.484 e. The molecular formula is C22H31F3N2O6S. The normalized spacial score (nSPS) is 20.1. The number of nitrogens with zero attached hydrogens (tertiary/aromatic N) is 2. The molecule has 2 aliphatic rings. The fraction of sp³-hybridized carbons (Fsp3) is 0.682. The molecule has 8 nitrogen and oxygen atoms in total. The number of esters is 1. The Kier molecular flexibility index (Phi) is 7.73. The van der Waals surface area contributed by atoms with Crippen molar-refractivity contribution in [3.8, 4) is 5.75 Å². The standard InChI is InChI=1S/C22H31F3N2O6S/c1-20(2,3)33-19(28)21(8-14-31-15-9-21)34(29,30)27-12-10-26(11-13-27)17-4-6-18(7-5-17)32-16-22(23,24)25/h4-7H,8-16H2,1-3H3. The highest BCUT2D eigenvalue weighted by Gasteiger charge is 2.56. The first-order chi connectivity index (χ1) is 15.7. The van der Waals surface area contributed by atoms with E-state index in [0.29, 0.717) is 13.1 Å². The van der Waals surface area contributed by atoms with Gasteiger partial charge in [0.2, 0.25) is 10.0 Å². The predicted octanol–water partition coefficient (Wildman–Crippen LogP) is 2.97. The molecule has 192 valence electrons. The molecule has 34 heavy (non-hydrogen) atoms. The molecular weight excluding hydrogens is 477 g/mol. The van der Waals surface area contributed by atoms with E-state index in [1.807, 2.05) is 4.90 Å². The van der Waals surface area contributed by atoms with Gasteiger partial charge in [-0.3, -0.25) is 4.79 Å². The quantitative estimate of drug-likeness (QED) is 0.546. The van der Waals surface area contributed by atoms with Crippen LogP contribution in [0.2, 0.25) is 0 Å². The Hall–Kier alpha value is -2.05. The highest BCUT2D eigenvalue weighted by atomic mass is 32.2. The van der Waals surface area contributed by atoms with Gasteiger partial charge in [0.25, 0.3) is 0 Å². The number of hydrogen-bond donors (Lipinski definition) is 0. The van der Waals surface area contributed by atoms with Crippen molar-refractivity contribution in [2.24, 2.45) is 0 Å². The SMILES string of the molecule is CC(C)(C)OC(=O)C1(S(=O)(=O)N2CCN(c3ccc(OCC(F)(F)F)cc3)CC2)CCOCC1. The van der Waals surface area contributed by atoms with Crippen molar-refractivity contribution in [2.75, 3.05) is 50.9 Å². The van der Waals surface area contributed by atoms with E-state index >= 15 is 0 Å². The number of hydrogen-bond acceptors (Lipinski definition) is 7. The molecule has 2 aliphatic heterocycles. The molecule has 0 spiro atoms. The molecule has 0 bridgehead atoms. The van der Waals surface area contributed by atoms with Gasteiger partial charge in [0, 0.05) is 57.9 Å². The minimum absolute atomic E-state index is 0.0316. The zero-order chi connectivity index (χ0) is 25.2. The average Bonchev–Trinajstić information content (AvgIpc) is 2.77. The number of anilines is 1. The Morgan fingerprint density at radius 2 is 1.59 bits per heavy atom. The summed E-state index contributed by atoms with van der Waals surface area (Å²) in [5.41, 5.74) is -0.0867. The van der Waals surface area contributed by atoms with Crippen molar-refractivity contribution in [1.82, 2.24) is 4.31 Å². The fourth-order valence-corrected chi connectivity index (χ4v) is 6.06. The van der Waals surface area contributed by atoms with Gasteiger partial charge < -0.3 is 19.1 Å². The summed E-state index contributed by atoms with van der Waals surface area (Å²) in [6.45, 7) is 5.09. The van der Waals surface area contributed by atoms with Gasteiger partial charge in [-0.2, -0.15) is 17.5 Å². The number of rotatable bonds is 6. The maximum atomic E-state index is 13.7. The summed E-state index contributed by atoms with van der Waals surface area (Å²) in [5, 5.41) is 0. The first kappa shape index (κ1) is 26.6. The van der Waals surface area contributed by atoms with Crippen LogP contribution in [-0.4, -0.2) is 81.2 Å². The third-order valence-corrected chi connectivity index (χ3v) is 8.36. The number of sulfonamides is 1. The molecule has 0 atom stereocenters. The van der Waals surface area contributed by atoms with E-state index in [0.717, 1.165) is 5.69 Å². The molecule has 3 rings (SSSR count). The van der Waals surface area contributed by atoms with Crippen LogP contribution in [-0.2, 0) is 24.3 Å². The summed E-state index contributed by atoms with van der Waals surface area (Å²) in [6.07, 6.45) is -4.35. The number of carbonyl (C=O) groups excluding carboxylic acids is 1. The van der Waals surface area contributed by atoms with Crippen molar-refractivity contribution in [3.63, 3.8) is 0 Å². The summed E-state index contributed by atoms with van der Waals surface area (Å²) < 4.78 is 79.5. The van der Waals surface area contributed by atoms with E-state index in [2.05, 4.69) is 0 Å². The highest BCUT2D eigenvalue weighted by molar-refractivity contribution is 7.91. The van der Waals surface area contributed by atoms with Crippen LogP contribution in [0.15, 0.2) is 24.3 Å². The van der Waals surface area contributed by atoms with Crippen LogP contribution in [0.4, 0.5) is 18.9 Å². The van der Waals surface area contributed by atoms with Crippen molar-refractivity contribution in [3.05, 3.63) is 24.3 Å². The number of alkyl halides is 3. The lowest BCUT2D eigenvalue weighted by Crippen LogP contribution is -2.61. The van der Waals surface area contributed by atoms with Gasteiger partial charge >= 0.3 is 12.1 Å². The molecule has 0 saturated carbocycles. The van der Waals surface area contributed by atoms with Gasteiger partial charge in [0.05, 0.1) is 0 Å². The van der Waals surface area contributed by atoms with E-state index in [-0.39, 0.29) is 44.9 Å². The summed E-state index contributed by atoms with van der Waals surface area (Å²) in [4.78, 5) is 15.0. The summed E-state index contributed by atoms with van der Waals surface area (Å²) >= 11 is 0. The van der Waals surface area contributed by atoms with E-state index < -0.39 is 39.1 Å². The molecule has 2 saturated heterocycles. The fourth-order valence-electron chi connectivity index (χ4n) is 3.99. The van der Waals surface area contributed by atoms with Crippen molar-refractivity contribution < 1.29 is 40.6 Å². The first-order valence-electron chi connectivity index (χ1n) is 11.1. The van der Waals surface area contributed by atoms with Gasteiger partial charge in [0.15, 0.2) is 11.4 Å². The number of ether oxygens (including phenoxy) is 3. The molecule has 0 amide bonds. The van der Waals surface area contributed by atoms with Crippen molar-refractivity contribution in [2.45, 2.75) is 50.1 Å². The number of benzene rings is 1. The van der Waals surface area contributed by atoms with E-state index in [4.69, 9.17) is 14.2 Å². The maximum absolute atomic E-state index is 13.7. The number of halogens is 3. The van der Waals surface area contributed by atoms with Gasteiger partial charge in [-0.15, -0.1) is 0 Å². The average molecular weight is 509 g/mol. The van der Waals surface area contributed by atoms with E-state index in [9.17, 15) is 26.4 Å². The second kappa shape index (κ2) is 9.90. The molecule has 0 aliphatic carbocycles. The molecule has 1 aromatic rings. The van der Waals surface area contributed by atoms with Crippen LogP contribution in [0.1, 0.15) is 33.6 Å². The minimum atomic E-state index is -4.42. The molecule has 0 unspecified atom stereocenters. The molecule has 0 N–H and O–H groups in total. The van der Waals surface area contributed by atoms with E-state index in [1.54, 1.807) is 32.9 Å². The smallest absolute Gasteiger partial charge is 0.422 e. The monoisotopic (exact) mass is 508 g/mol. The van der Waals surface area contributed by atoms with Gasteiger partial charge in [-0.25, -0.2) is 8.42 Å². The maximum Gasteiger partial charge on any atom is 0.422 e. The zero-order valence-electron chi connectivity index (χ0n) is 19.6. The highest BCUT2D eigenvalue weighted by Crippen LogP contribution is 2.36. The summed E-state index contributed by atoms with van der Waals surface area (Å²) in [5.74, 6) is -0.652. The topological polar surface area (TPSA) is 85.4 Å². The van der Waals surface area contributed by atoms with Gasteiger partial charge in [0.1, 0.15) is 11.4 Å². The Balaban J connectivity index is 1.68. The van der Waals surface area contributed by atoms with Gasteiger partial charge in [-0.05, 0) is 45.0 Å². The molecule has 0 radical (unpaired) electrons. The third-order valence-electron chi connectivity index (χ3n) is 5.75. The zero-order valence-corrected chi connectivity index (χ0v) is 20.4. The Bertz CT molecular complexity index is 946. The van der Waals surface area contributed by atoms with Crippen molar-refractivity contribution >= 4 is 21.7 Å². The summed E-state index contributed by atoms with van der Waals surface area (Å²) in [7, 11) is -4.03. The van der Waals surface area contributed by atoms with Crippen LogP contribution >= 0.6 is 0 Å². The third kappa shape index (κ3) is 6.14. The lowest BCUT2D eigenvalue weighted by molar-refractivity contribution is -0.161. The van der Waals surface area contributed by atoms with E-state index in [1.165, 1.54) is 16.4 Å². The molecule has 12 heteroatoms. The number of piperazine rings is 1. The van der Waals surface area contributed by atoms with Crippen molar-refractivity contribution in [1.29, 1.82) is 0 Å². The van der Waals surface area contributed by atoms with Crippen LogP contribution in [0.25, 0.3) is 0 Å². The lowest BCUT2D eigenvalue weighted by Gasteiger charge is -2.42. The Morgan fingerprint density at radius 3 is 2.09 bits per heavy atom. The van der Waals surface area contributed by atoms with Crippen LogP contribution in [0.3, 0.4) is 0 Å². The Morgan fingerprint density at radius 1 is 1.03 bits per heavy atom. The minimum Gasteiger partial charge on any atom is -0.484 e.